The van der Waals surface area contributed by atoms with Gasteiger partial charge in [-0.2, -0.15) is 0 Å². The maximum Gasteiger partial charge on any atom is 0.265 e. The number of ether oxygens (including phenoxy) is 1. The predicted molar refractivity (Wildman–Crippen MR) is 78.6 cm³/mol. The maximum atomic E-state index is 11.9. The monoisotopic (exact) mass is 341 g/mol. The molecule has 1 aliphatic heterocycles. The quantitative estimate of drug-likeness (QED) is 0.841. The number of anilines is 1. The van der Waals surface area contributed by atoms with Crippen molar-refractivity contribution in [3.8, 4) is 5.75 Å². The van der Waals surface area contributed by atoms with Crippen LogP contribution in [0.5, 0.6) is 5.75 Å². The Bertz CT molecular complexity index is 536. The van der Waals surface area contributed by atoms with Gasteiger partial charge >= 0.3 is 0 Å². The zero-order valence-corrected chi connectivity index (χ0v) is 12.6. The van der Waals surface area contributed by atoms with Gasteiger partial charge in [0.25, 0.3) is 5.91 Å². The Morgan fingerprint density at radius 1 is 1.60 bits per heavy atom. The van der Waals surface area contributed by atoms with Crippen LogP contribution in [0, 0.1) is 0 Å². The number of halogens is 1. The number of carbonyl (C=O) groups is 2. The van der Waals surface area contributed by atoms with Crippen molar-refractivity contribution < 1.29 is 14.3 Å². The lowest BCUT2D eigenvalue weighted by molar-refractivity contribution is -0.125. The van der Waals surface area contributed by atoms with Gasteiger partial charge in [-0.05, 0) is 25.1 Å². The standard InChI is InChI=1S/C13H16BrN3O3/c1-8(5-15)16-12(18)6-17-10-3-2-9(14)4-11(10)20-7-13(17)19/h2-4,8H,5-7,15H2,1H3,(H,16,18)/t8-/m0/s1. The summed E-state index contributed by atoms with van der Waals surface area (Å²) in [5.41, 5.74) is 6.05. The molecule has 6 nitrogen and oxygen atoms in total. The van der Waals surface area contributed by atoms with Crippen molar-refractivity contribution in [1.82, 2.24) is 5.32 Å². The van der Waals surface area contributed by atoms with Crippen LogP contribution in [-0.4, -0.2) is 37.6 Å². The number of rotatable bonds is 4. The summed E-state index contributed by atoms with van der Waals surface area (Å²) in [6.45, 7) is 2.06. The number of nitrogens with two attached hydrogens (primary N) is 1. The van der Waals surface area contributed by atoms with E-state index in [0.717, 1.165) is 4.47 Å². The molecule has 0 fully saturated rings. The lowest BCUT2D eigenvalue weighted by atomic mass is 10.2. The lowest BCUT2D eigenvalue weighted by Crippen LogP contribution is -2.48. The fourth-order valence-electron chi connectivity index (χ4n) is 1.87. The van der Waals surface area contributed by atoms with E-state index in [1.165, 1.54) is 4.90 Å². The second-order valence-corrected chi connectivity index (χ2v) is 5.50. The first-order chi connectivity index (χ1) is 9.51. The molecule has 108 valence electrons. The van der Waals surface area contributed by atoms with Gasteiger partial charge in [-0.15, -0.1) is 0 Å². The predicted octanol–water partition coefficient (Wildman–Crippen LogP) is 0.638. The molecule has 1 heterocycles. The summed E-state index contributed by atoms with van der Waals surface area (Å²) in [7, 11) is 0. The van der Waals surface area contributed by atoms with Crippen LogP contribution in [0.2, 0.25) is 0 Å². The molecule has 0 saturated heterocycles. The van der Waals surface area contributed by atoms with Gasteiger partial charge in [0.1, 0.15) is 12.3 Å². The highest BCUT2D eigenvalue weighted by Gasteiger charge is 2.27. The lowest BCUT2D eigenvalue weighted by Gasteiger charge is -2.29. The molecule has 0 aliphatic carbocycles. The third-order valence-corrected chi connectivity index (χ3v) is 3.42. The van der Waals surface area contributed by atoms with E-state index in [1.54, 1.807) is 18.2 Å². The van der Waals surface area contributed by atoms with Gasteiger partial charge in [-0.1, -0.05) is 15.9 Å². The third-order valence-electron chi connectivity index (χ3n) is 2.93. The van der Waals surface area contributed by atoms with E-state index in [1.807, 2.05) is 6.92 Å². The molecule has 7 heteroatoms. The molecular formula is C13H16BrN3O3. The number of benzene rings is 1. The molecular weight excluding hydrogens is 326 g/mol. The molecule has 1 aromatic carbocycles. The Hall–Kier alpha value is -1.60. The van der Waals surface area contributed by atoms with Crippen LogP contribution in [0.15, 0.2) is 22.7 Å². The highest BCUT2D eigenvalue weighted by atomic mass is 79.9. The van der Waals surface area contributed by atoms with E-state index in [4.69, 9.17) is 10.5 Å². The van der Waals surface area contributed by atoms with E-state index in [2.05, 4.69) is 21.2 Å². The zero-order valence-electron chi connectivity index (χ0n) is 11.1. The molecule has 2 amide bonds. The van der Waals surface area contributed by atoms with Gasteiger partial charge in [-0.25, -0.2) is 0 Å². The molecule has 2 rings (SSSR count). The second kappa shape index (κ2) is 6.23. The second-order valence-electron chi connectivity index (χ2n) is 4.58. The largest absolute Gasteiger partial charge is 0.482 e. The van der Waals surface area contributed by atoms with Crippen molar-refractivity contribution in [1.29, 1.82) is 0 Å². The van der Waals surface area contributed by atoms with Crippen LogP contribution < -0.4 is 20.7 Å². The van der Waals surface area contributed by atoms with Gasteiger partial charge < -0.3 is 15.8 Å². The highest BCUT2D eigenvalue weighted by Crippen LogP contribution is 2.34. The number of amides is 2. The van der Waals surface area contributed by atoms with Crippen molar-refractivity contribution in [3.63, 3.8) is 0 Å². The van der Waals surface area contributed by atoms with E-state index < -0.39 is 0 Å². The van der Waals surface area contributed by atoms with E-state index in [0.29, 0.717) is 18.0 Å². The van der Waals surface area contributed by atoms with Crippen LogP contribution in [0.1, 0.15) is 6.92 Å². The molecule has 0 aromatic heterocycles. The van der Waals surface area contributed by atoms with Crippen LogP contribution in [0.3, 0.4) is 0 Å². The normalized spacial score (nSPS) is 15.3. The van der Waals surface area contributed by atoms with Crippen LogP contribution in [0.25, 0.3) is 0 Å². The Morgan fingerprint density at radius 3 is 3.05 bits per heavy atom. The minimum Gasteiger partial charge on any atom is -0.482 e. The molecule has 1 atom stereocenters. The summed E-state index contributed by atoms with van der Waals surface area (Å²) in [6.07, 6.45) is 0. The van der Waals surface area contributed by atoms with Gasteiger partial charge in [-0.3, -0.25) is 14.5 Å². The first-order valence-electron chi connectivity index (χ1n) is 6.23. The first kappa shape index (κ1) is 14.8. The number of nitrogens with zero attached hydrogens (tertiary/aromatic N) is 1. The summed E-state index contributed by atoms with van der Waals surface area (Å²) in [4.78, 5) is 25.2. The molecule has 1 aromatic rings. The minimum absolute atomic E-state index is 0.0405. The van der Waals surface area contributed by atoms with Crippen molar-refractivity contribution in [2.45, 2.75) is 13.0 Å². The fraction of sp³-hybridized carbons (Fsp3) is 0.385. The summed E-state index contributed by atoms with van der Waals surface area (Å²) >= 11 is 3.34. The molecule has 20 heavy (non-hydrogen) atoms. The van der Waals surface area contributed by atoms with Crippen molar-refractivity contribution in [2.24, 2.45) is 5.73 Å². The molecule has 0 saturated carbocycles. The molecule has 0 radical (unpaired) electrons. The number of nitrogens with one attached hydrogen (secondary N) is 1. The van der Waals surface area contributed by atoms with Crippen molar-refractivity contribution in [2.75, 3.05) is 24.6 Å². The van der Waals surface area contributed by atoms with Crippen LogP contribution in [0.4, 0.5) is 5.69 Å². The summed E-state index contributed by atoms with van der Waals surface area (Å²) < 4.78 is 6.21. The summed E-state index contributed by atoms with van der Waals surface area (Å²) in [5.74, 6) is 0.0982. The van der Waals surface area contributed by atoms with Gasteiger partial charge in [0, 0.05) is 17.1 Å². The van der Waals surface area contributed by atoms with Crippen LogP contribution >= 0.6 is 15.9 Å². The summed E-state index contributed by atoms with van der Waals surface area (Å²) in [6, 6.07) is 5.20. The van der Waals surface area contributed by atoms with Crippen molar-refractivity contribution >= 4 is 33.4 Å². The number of hydrogen-bond donors (Lipinski definition) is 2. The highest BCUT2D eigenvalue weighted by molar-refractivity contribution is 9.10. The minimum atomic E-state index is -0.243. The Balaban J connectivity index is 2.15. The molecule has 0 bridgehead atoms. The molecule has 3 N–H and O–H groups in total. The zero-order chi connectivity index (χ0) is 14.7. The number of fused-ring (bicyclic) bond motifs is 1. The average molecular weight is 342 g/mol. The number of carbonyl (C=O) groups excluding carboxylic acids is 2. The molecule has 0 unspecified atom stereocenters. The Labute approximate surface area is 125 Å². The number of hydrogen-bond acceptors (Lipinski definition) is 4. The van der Waals surface area contributed by atoms with Gasteiger partial charge in [0.15, 0.2) is 6.61 Å². The third kappa shape index (κ3) is 3.29. The van der Waals surface area contributed by atoms with E-state index >= 15 is 0 Å². The molecule has 0 spiro atoms. The fourth-order valence-corrected chi connectivity index (χ4v) is 2.21. The maximum absolute atomic E-state index is 11.9. The molecule has 1 aliphatic rings. The van der Waals surface area contributed by atoms with Gasteiger partial charge in [0.2, 0.25) is 5.91 Å². The Kier molecular flexibility index (Phi) is 4.61. The Morgan fingerprint density at radius 2 is 2.35 bits per heavy atom. The van der Waals surface area contributed by atoms with Gasteiger partial charge in [0.05, 0.1) is 5.69 Å². The van der Waals surface area contributed by atoms with E-state index in [9.17, 15) is 9.59 Å². The smallest absolute Gasteiger partial charge is 0.265 e. The van der Waals surface area contributed by atoms with Crippen LogP contribution in [-0.2, 0) is 9.59 Å². The topological polar surface area (TPSA) is 84.7 Å². The van der Waals surface area contributed by atoms with Crippen molar-refractivity contribution in [3.05, 3.63) is 22.7 Å². The SMILES string of the molecule is C[C@@H](CN)NC(=O)CN1C(=O)COc2cc(Br)ccc21. The first-order valence-corrected chi connectivity index (χ1v) is 7.02. The summed E-state index contributed by atoms with van der Waals surface area (Å²) in [5, 5.41) is 2.73. The van der Waals surface area contributed by atoms with E-state index in [-0.39, 0.29) is 31.0 Å². The average Bonchev–Trinajstić information content (AvgIpc) is 2.41.